The Morgan fingerprint density at radius 3 is 2.33 bits per heavy atom. The van der Waals surface area contributed by atoms with Crippen molar-refractivity contribution >= 4 is 17.7 Å². The van der Waals surface area contributed by atoms with Crippen LogP contribution >= 0.6 is 0 Å². The Morgan fingerprint density at radius 2 is 1.86 bits per heavy atom. The monoisotopic (exact) mass is 292 g/mol. The van der Waals surface area contributed by atoms with Gasteiger partial charge in [-0.2, -0.15) is 0 Å². The van der Waals surface area contributed by atoms with E-state index >= 15 is 0 Å². The van der Waals surface area contributed by atoms with Crippen LogP contribution in [0.15, 0.2) is 30.3 Å². The van der Waals surface area contributed by atoms with Crippen LogP contribution in [0.4, 0.5) is 10.5 Å². The van der Waals surface area contributed by atoms with E-state index in [4.69, 9.17) is 0 Å². The first-order chi connectivity index (χ1) is 9.94. The predicted octanol–water partition coefficient (Wildman–Crippen LogP) is 3.26. The van der Waals surface area contributed by atoms with Gasteiger partial charge in [-0.1, -0.05) is 38.5 Å². The molecule has 0 heterocycles. The standard InChI is InChI=1S/C16H24N2O3/c1-4-6-12-18(13-10-8-7-9-11-13)15(21)17-16(3,5-2)14(19)20/h7-11H,4-6,12H2,1-3H3,(H,17,21)(H,19,20). The van der Waals surface area contributed by atoms with Gasteiger partial charge in [0, 0.05) is 12.2 Å². The summed E-state index contributed by atoms with van der Waals surface area (Å²) in [5, 5.41) is 11.9. The SMILES string of the molecule is CCCCN(C(=O)NC(C)(CC)C(=O)O)c1ccccc1. The number of carboxylic acid groups (broad SMARTS) is 1. The number of amides is 2. The van der Waals surface area contributed by atoms with Crippen molar-refractivity contribution in [2.75, 3.05) is 11.4 Å². The Labute approximate surface area is 126 Å². The first-order valence-electron chi connectivity index (χ1n) is 7.32. The van der Waals surface area contributed by atoms with Gasteiger partial charge in [0.2, 0.25) is 0 Å². The second-order valence-corrected chi connectivity index (χ2v) is 5.26. The number of para-hydroxylation sites is 1. The van der Waals surface area contributed by atoms with E-state index in [1.807, 2.05) is 30.3 Å². The molecule has 1 aromatic rings. The van der Waals surface area contributed by atoms with Crippen LogP contribution in [0.3, 0.4) is 0 Å². The maximum Gasteiger partial charge on any atom is 0.329 e. The molecule has 0 saturated heterocycles. The number of carboxylic acids is 1. The van der Waals surface area contributed by atoms with E-state index in [9.17, 15) is 14.7 Å². The third-order valence-electron chi connectivity index (χ3n) is 3.61. The summed E-state index contributed by atoms with van der Waals surface area (Å²) in [6.45, 7) is 5.88. The van der Waals surface area contributed by atoms with Gasteiger partial charge >= 0.3 is 12.0 Å². The highest BCUT2D eigenvalue weighted by Gasteiger charge is 2.34. The number of hydrogen-bond acceptors (Lipinski definition) is 2. The van der Waals surface area contributed by atoms with E-state index in [1.54, 1.807) is 11.8 Å². The number of nitrogens with zero attached hydrogens (tertiary/aromatic N) is 1. The molecule has 1 rings (SSSR count). The van der Waals surface area contributed by atoms with E-state index in [0.29, 0.717) is 13.0 Å². The fourth-order valence-corrected chi connectivity index (χ4v) is 1.87. The average molecular weight is 292 g/mol. The number of aliphatic carboxylic acids is 1. The van der Waals surface area contributed by atoms with Crippen LogP contribution in [-0.4, -0.2) is 29.2 Å². The second-order valence-electron chi connectivity index (χ2n) is 5.26. The van der Waals surface area contributed by atoms with E-state index in [0.717, 1.165) is 18.5 Å². The summed E-state index contributed by atoms with van der Waals surface area (Å²) >= 11 is 0. The number of benzene rings is 1. The predicted molar refractivity (Wildman–Crippen MR) is 83.6 cm³/mol. The van der Waals surface area contributed by atoms with E-state index in [1.165, 1.54) is 6.92 Å². The minimum Gasteiger partial charge on any atom is -0.480 e. The van der Waals surface area contributed by atoms with Gasteiger partial charge in [-0.05, 0) is 31.9 Å². The van der Waals surface area contributed by atoms with Crippen LogP contribution in [0.25, 0.3) is 0 Å². The zero-order valence-corrected chi connectivity index (χ0v) is 12.9. The molecule has 0 saturated carbocycles. The maximum atomic E-state index is 12.5. The molecule has 5 heteroatoms. The number of unbranched alkanes of at least 4 members (excludes halogenated alkanes) is 1. The van der Waals surface area contributed by atoms with Gasteiger partial charge in [-0.15, -0.1) is 0 Å². The number of carbonyl (C=O) groups is 2. The lowest BCUT2D eigenvalue weighted by molar-refractivity contribution is -0.143. The van der Waals surface area contributed by atoms with Crippen molar-refractivity contribution < 1.29 is 14.7 Å². The molecular formula is C16H24N2O3. The lowest BCUT2D eigenvalue weighted by Crippen LogP contribution is -2.56. The Morgan fingerprint density at radius 1 is 1.24 bits per heavy atom. The fraction of sp³-hybridized carbons (Fsp3) is 0.500. The van der Waals surface area contributed by atoms with Crippen molar-refractivity contribution in [3.05, 3.63) is 30.3 Å². The van der Waals surface area contributed by atoms with Crippen LogP contribution in [0, 0.1) is 0 Å². The largest absolute Gasteiger partial charge is 0.480 e. The molecule has 0 bridgehead atoms. The van der Waals surface area contributed by atoms with Crippen molar-refractivity contribution in [3.8, 4) is 0 Å². The van der Waals surface area contributed by atoms with Gasteiger partial charge in [0.05, 0.1) is 0 Å². The molecule has 1 unspecified atom stereocenters. The molecule has 0 spiro atoms. The molecule has 0 aliphatic carbocycles. The molecule has 116 valence electrons. The summed E-state index contributed by atoms with van der Waals surface area (Å²) in [5.74, 6) is -1.03. The first-order valence-corrected chi connectivity index (χ1v) is 7.32. The highest BCUT2D eigenvalue weighted by molar-refractivity contribution is 5.95. The number of anilines is 1. The number of carbonyl (C=O) groups excluding carboxylic acids is 1. The number of urea groups is 1. The van der Waals surface area contributed by atoms with Crippen LogP contribution in [0.1, 0.15) is 40.0 Å². The number of nitrogens with one attached hydrogen (secondary N) is 1. The third-order valence-corrected chi connectivity index (χ3v) is 3.61. The quantitative estimate of drug-likeness (QED) is 0.810. The maximum absolute atomic E-state index is 12.5. The highest BCUT2D eigenvalue weighted by Crippen LogP contribution is 2.17. The smallest absolute Gasteiger partial charge is 0.329 e. The van der Waals surface area contributed by atoms with Crippen LogP contribution in [0.5, 0.6) is 0 Å². The minimum atomic E-state index is -1.25. The second kappa shape index (κ2) is 7.67. The van der Waals surface area contributed by atoms with Gasteiger partial charge in [0.25, 0.3) is 0 Å². The molecule has 1 aromatic carbocycles. The summed E-state index contributed by atoms with van der Waals surface area (Å²) in [6.07, 6.45) is 2.14. The molecule has 0 aliphatic rings. The van der Waals surface area contributed by atoms with E-state index in [-0.39, 0.29) is 6.03 Å². The Bertz CT molecular complexity index is 476. The Balaban J connectivity index is 2.93. The van der Waals surface area contributed by atoms with Crippen molar-refractivity contribution in [2.45, 2.75) is 45.6 Å². The normalized spacial score (nSPS) is 13.3. The van der Waals surface area contributed by atoms with Crippen LogP contribution in [0.2, 0.25) is 0 Å². The topological polar surface area (TPSA) is 69.6 Å². The van der Waals surface area contributed by atoms with E-state index in [2.05, 4.69) is 12.2 Å². The summed E-state index contributed by atoms with van der Waals surface area (Å²) in [4.78, 5) is 25.4. The molecule has 0 aromatic heterocycles. The zero-order chi connectivity index (χ0) is 15.9. The average Bonchev–Trinajstić information content (AvgIpc) is 2.48. The van der Waals surface area contributed by atoms with E-state index < -0.39 is 11.5 Å². The fourth-order valence-electron chi connectivity index (χ4n) is 1.87. The lowest BCUT2D eigenvalue weighted by Gasteiger charge is -2.30. The molecular weight excluding hydrogens is 268 g/mol. The van der Waals surface area contributed by atoms with Crippen LogP contribution < -0.4 is 10.2 Å². The molecule has 2 N–H and O–H groups in total. The molecule has 21 heavy (non-hydrogen) atoms. The molecule has 0 radical (unpaired) electrons. The van der Waals surface area contributed by atoms with Gasteiger partial charge in [-0.3, -0.25) is 4.90 Å². The summed E-state index contributed by atoms with van der Waals surface area (Å²) in [5.41, 5.74) is -0.483. The zero-order valence-electron chi connectivity index (χ0n) is 12.9. The van der Waals surface area contributed by atoms with Crippen molar-refractivity contribution in [1.82, 2.24) is 5.32 Å². The Kier molecular flexibility index (Phi) is 6.21. The minimum absolute atomic E-state index is 0.324. The summed E-state index contributed by atoms with van der Waals surface area (Å²) < 4.78 is 0. The van der Waals surface area contributed by atoms with Crippen molar-refractivity contribution in [2.24, 2.45) is 0 Å². The first kappa shape index (κ1) is 17.0. The number of rotatable bonds is 7. The van der Waals surface area contributed by atoms with Gasteiger partial charge in [0.1, 0.15) is 5.54 Å². The van der Waals surface area contributed by atoms with Gasteiger partial charge in [-0.25, -0.2) is 9.59 Å². The summed E-state index contributed by atoms with van der Waals surface area (Å²) in [7, 11) is 0. The van der Waals surface area contributed by atoms with Crippen molar-refractivity contribution in [1.29, 1.82) is 0 Å². The van der Waals surface area contributed by atoms with Gasteiger partial charge in [0.15, 0.2) is 0 Å². The van der Waals surface area contributed by atoms with Gasteiger partial charge < -0.3 is 10.4 Å². The molecule has 5 nitrogen and oxygen atoms in total. The third kappa shape index (κ3) is 4.48. The highest BCUT2D eigenvalue weighted by atomic mass is 16.4. The number of hydrogen-bond donors (Lipinski definition) is 2. The molecule has 0 aliphatic heterocycles. The molecule has 2 amide bonds. The van der Waals surface area contributed by atoms with Crippen molar-refractivity contribution in [3.63, 3.8) is 0 Å². The lowest BCUT2D eigenvalue weighted by atomic mass is 9.99. The molecule has 1 atom stereocenters. The molecule has 0 fully saturated rings. The summed E-state index contributed by atoms with van der Waals surface area (Å²) in [6, 6.07) is 8.92. The van der Waals surface area contributed by atoms with Crippen LogP contribution in [-0.2, 0) is 4.79 Å². The Hall–Kier alpha value is -2.04.